The topological polar surface area (TPSA) is 50.7 Å². The average Bonchev–Trinajstić information content (AvgIpc) is 2.84. The Balaban J connectivity index is 1.97. The highest BCUT2D eigenvalue weighted by molar-refractivity contribution is 7.11. The van der Waals surface area contributed by atoms with Crippen LogP contribution in [0, 0.1) is 6.92 Å². The number of nitrogens with zero attached hydrogens (tertiary/aromatic N) is 1. The van der Waals surface area contributed by atoms with Gasteiger partial charge in [-0.05, 0) is 48.2 Å². The molecule has 0 aliphatic heterocycles. The smallest absolute Gasteiger partial charge is 0.271 e. The molecule has 1 N–H and O–H groups in total. The van der Waals surface area contributed by atoms with Crippen molar-refractivity contribution in [3.05, 3.63) is 51.7 Å². The number of amides is 1. The monoisotopic (exact) mass is 274 g/mol. The maximum absolute atomic E-state index is 11.8. The van der Waals surface area contributed by atoms with E-state index in [9.17, 15) is 4.79 Å². The summed E-state index contributed by atoms with van der Waals surface area (Å²) < 4.78 is 5.03. The number of benzene rings is 1. The minimum Gasteiger partial charge on any atom is -0.497 e. The minimum atomic E-state index is -0.242. The van der Waals surface area contributed by atoms with Crippen molar-refractivity contribution in [1.82, 2.24) is 5.43 Å². The van der Waals surface area contributed by atoms with Crippen LogP contribution < -0.4 is 10.2 Å². The zero-order chi connectivity index (χ0) is 13.7. The SMILES string of the molecule is COc1ccc(C(=O)NN=Cc2sccc2C)cc1. The molecule has 2 aromatic rings. The van der Waals surface area contributed by atoms with Gasteiger partial charge in [0.05, 0.1) is 13.3 Å². The van der Waals surface area contributed by atoms with Gasteiger partial charge in [-0.3, -0.25) is 4.79 Å². The van der Waals surface area contributed by atoms with Gasteiger partial charge in [-0.15, -0.1) is 11.3 Å². The van der Waals surface area contributed by atoms with Gasteiger partial charge >= 0.3 is 0 Å². The third kappa shape index (κ3) is 3.42. The normalized spacial score (nSPS) is 10.6. The van der Waals surface area contributed by atoms with E-state index in [0.29, 0.717) is 11.3 Å². The van der Waals surface area contributed by atoms with Crippen molar-refractivity contribution in [2.45, 2.75) is 6.92 Å². The summed E-state index contributed by atoms with van der Waals surface area (Å²) in [4.78, 5) is 12.8. The predicted molar refractivity (Wildman–Crippen MR) is 77.1 cm³/mol. The minimum absolute atomic E-state index is 0.242. The van der Waals surface area contributed by atoms with Crippen molar-refractivity contribution < 1.29 is 9.53 Å². The molecular formula is C14H14N2O2S. The van der Waals surface area contributed by atoms with Crippen LogP contribution in [0.15, 0.2) is 40.8 Å². The fraction of sp³-hybridized carbons (Fsp3) is 0.143. The van der Waals surface area contributed by atoms with Gasteiger partial charge in [-0.2, -0.15) is 5.10 Å². The number of rotatable bonds is 4. The molecule has 2 rings (SSSR count). The van der Waals surface area contributed by atoms with Gasteiger partial charge < -0.3 is 4.74 Å². The molecule has 0 unspecified atom stereocenters. The molecule has 0 fully saturated rings. The van der Waals surface area contributed by atoms with Crippen LogP contribution in [0.25, 0.3) is 0 Å². The number of carbonyl (C=O) groups is 1. The molecule has 0 aliphatic rings. The standard InChI is InChI=1S/C14H14N2O2S/c1-10-7-8-19-13(10)9-15-16-14(17)11-3-5-12(18-2)6-4-11/h3-9H,1-2H3,(H,16,17). The number of nitrogens with one attached hydrogen (secondary N) is 1. The van der Waals surface area contributed by atoms with E-state index >= 15 is 0 Å². The summed E-state index contributed by atoms with van der Waals surface area (Å²) in [6, 6.07) is 8.88. The summed E-state index contributed by atoms with van der Waals surface area (Å²) in [7, 11) is 1.59. The number of hydrazone groups is 1. The first kappa shape index (κ1) is 13.3. The first-order valence-corrected chi connectivity index (χ1v) is 6.60. The Bertz CT molecular complexity index is 588. The molecule has 1 aromatic heterocycles. The molecule has 0 radical (unpaired) electrons. The average molecular weight is 274 g/mol. The highest BCUT2D eigenvalue weighted by Crippen LogP contribution is 2.13. The number of thiophene rings is 1. The van der Waals surface area contributed by atoms with Gasteiger partial charge in [0.15, 0.2) is 0 Å². The summed E-state index contributed by atoms with van der Waals surface area (Å²) in [6.07, 6.45) is 1.65. The van der Waals surface area contributed by atoms with Gasteiger partial charge in [0.2, 0.25) is 0 Å². The highest BCUT2D eigenvalue weighted by Gasteiger charge is 2.04. The van der Waals surface area contributed by atoms with Crippen molar-refractivity contribution >= 4 is 23.5 Å². The molecule has 1 heterocycles. The number of hydrogen-bond acceptors (Lipinski definition) is 4. The van der Waals surface area contributed by atoms with E-state index in [-0.39, 0.29) is 5.91 Å². The van der Waals surface area contributed by atoms with E-state index in [1.807, 2.05) is 18.4 Å². The zero-order valence-electron chi connectivity index (χ0n) is 10.7. The van der Waals surface area contributed by atoms with Crippen molar-refractivity contribution in [1.29, 1.82) is 0 Å². The Hall–Kier alpha value is -2.14. The Morgan fingerprint density at radius 3 is 2.63 bits per heavy atom. The van der Waals surface area contributed by atoms with Gasteiger partial charge in [0.1, 0.15) is 5.75 Å². The fourth-order valence-corrected chi connectivity index (χ4v) is 2.26. The van der Waals surface area contributed by atoms with Crippen LogP contribution in [0.2, 0.25) is 0 Å². The number of methoxy groups -OCH3 is 1. The summed E-state index contributed by atoms with van der Waals surface area (Å²) in [6.45, 7) is 2.00. The zero-order valence-corrected chi connectivity index (χ0v) is 11.5. The van der Waals surface area contributed by atoms with Crippen molar-refractivity contribution in [2.24, 2.45) is 5.10 Å². The fourth-order valence-electron chi connectivity index (χ4n) is 1.47. The van der Waals surface area contributed by atoms with Crippen molar-refractivity contribution in [3.8, 4) is 5.75 Å². The molecule has 0 aliphatic carbocycles. The number of carbonyl (C=O) groups excluding carboxylic acids is 1. The number of aryl methyl sites for hydroxylation is 1. The van der Waals surface area contributed by atoms with Crippen LogP contribution in [0.1, 0.15) is 20.8 Å². The first-order chi connectivity index (χ1) is 9.20. The quantitative estimate of drug-likeness (QED) is 0.688. The Morgan fingerprint density at radius 1 is 1.32 bits per heavy atom. The van der Waals surface area contributed by atoms with Gasteiger partial charge in [-0.25, -0.2) is 5.43 Å². The summed E-state index contributed by atoms with van der Waals surface area (Å²) in [5, 5.41) is 5.94. The van der Waals surface area contributed by atoms with Gasteiger partial charge in [0, 0.05) is 10.4 Å². The van der Waals surface area contributed by atoms with Crippen molar-refractivity contribution in [2.75, 3.05) is 7.11 Å². The van der Waals surface area contributed by atoms with Crippen LogP contribution in [-0.4, -0.2) is 19.2 Å². The molecule has 0 spiro atoms. The van der Waals surface area contributed by atoms with Crippen LogP contribution in [0.4, 0.5) is 0 Å². The maximum atomic E-state index is 11.8. The molecule has 0 atom stereocenters. The Morgan fingerprint density at radius 2 is 2.05 bits per heavy atom. The molecule has 5 heteroatoms. The lowest BCUT2D eigenvalue weighted by Crippen LogP contribution is -2.17. The second-order valence-corrected chi connectivity index (χ2v) is 4.84. The van der Waals surface area contributed by atoms with E-state index in [1.165, 1.54) is 0 Å². The highest BCUT2D eigenvalue weighted by atomic mass is 32.1. The van der Waals surface area contributed by atoms with Gasteiger partial charge in [-0.1, -0.05) is 0 Å². The molecule has 1 aromatic carbocycles. The summed E-state index contributed by atoms with van der Waals surface area (Å²) in [5.41, 5.74) is 4.19. The lowest BCUT2D eigenvalue weighted by atomic mass is 10.2. The van der Waals surface area contributed by atoms with E-state index in [2.05, 4.69) is 10.5 Å². The molecule has 0 saturated carbocycles. The largest absolute Gasteiger partial charge is 0.497 e. The molecule has 0 bridgehead atoms. The van der Waals surface area contributed by atoms with Crippen LogP contribution in [-0.2, 0) is 0 Å². The Kier molecular flexibility index (Phi) is 4.30. The van der Waals surface area contributed by atoms with Crippen molar-refractivity contribution in [3.63, 3.8) is 0 Å². The maximum Gasteiger partial charge on any atom is 0.271 e. The summed E-state index contributed by atoms with van der Waals surface area (Å²) in [5.74, 6) is 0.474. The molecule has 0 saturated heterocycles. The lowest BCUT2D eigenvalue weighted by Gasteiger charge is -2.01. The van der Waals surface area contributed by atoms with Gasteiger partial charge in [0.25, 0.3) is 5.91 Å². The molecular weight excluding hydrogens is 260 g/mol. The lowest BCUT2D eigenvalue weighted by molar-refractivity contribution is 0.0955. The van der Waals surface area contributed by atoms with Crippen LogP contribution >= 0.6 is 11.3 Å². The second kappa shape index (κ2) is 6.15. The summed E-state index contributed by atoms with van der Waals surface area (Å²) >= 11 is 1.58. The number of hydrogen-bond donors (Lipinski definition) is 1. The molecule has 19 heavy (non-hydrogen) atoms. The number of ether oxygens (including phenoxy) is 1. The molecule has 1 amide bonds. The molecule has 4 nitrogen and oxygen atoms in total. The first-order valence-electron chi connectivity index (χ1n) is 5.72. The Labute approximate surface area is 115 Å². The second-order valence-electron chi connectivity index (χ2n) is 3.90. The third-order valence-corrected chi connectivity index (χ3v) is 3.56. The predicted octanol–water partition coefficient (Wildman–Crippen LogP) is 2.83. The molecule has 98 valence electrons. The third-order valence-electron chi connectivity index (χ3n) is 2.60. The van der Waals surface area contributed by atoms with Crippen LogP contribution in [0.3, 0.4) is 0 Å². The van der Waals surface area contributed by atoms with E-state index in [0.717, 1.165) is 10.4 Å². The van der Waals surface area contributed by atoms with E-state index < -0.39 is 0 Å². The van der Waals surface area contributed by atoms with E-state index in [1.54, 1.807) is 48.9 Å². The van der Waals surface area contributed by atoms with Crippen LogP contribution in [0.5, 0.6) is 5.75 Å². The van der Waals surface area contributed by atoms with E-state index in [4.69, 9.17) is 4.74 Å².